The molecule has 10 heteroatoms. The van der Waals surface area contributed by atoms with Gasteiger partial charge in [0.25, 0.3) is 0 Å². The number of fused-ring (bicyclic) bond motifs is 2. The Labute approximate surface area is 249 Å². The van der Waals surface area contributed by atoms with Crippen molar-refractivity contribution in [2.75, 3.05) is 17.7 Å². The molecule has 0 radical (unpaired) electrons. The number of nitrogens with two attached hydrogens (primary N) is 1. The molecule has 1 saturated carbocycles. The summed E-state index contributed by atoms with van der Waals surface area (Å²) < 4.78 is 21.4. The third kappa shape index (κ3) is 4.89. The molecule has 1 fully saturated rings. The van der Waals surface area contributed by atoms with E-state index in [1.165, 1.54) is 31.4 Å². The molecule has 2 aromatic carbocycles. The van der Waals surface area contributed by atoms with Crippen molar-refractivity contribution >= 4 is 40.7 Å². The van der Waals surface area contributed by atoms with Gasteiger partial charge in [0.15, 0.2) is 0 Å². The summed E-state index contributed by atoms with van der Waals surface area (Å²) in [5.74, 6) is -3.82. The van der Waals surface area contributed by atoms with E-state index in [0.29, 0.717) is 29.8 Å². The van der Waals surface area contributed by atoms with E-state index in [2.05, 4.69) is 36.4 Å². The lowest BCUT2D eigenvalue weighted by Crippen LogP contribution is -2.45. The quantitative estimate of drug-likeness (QED) is 0.325. The first-order valence-corrected chi connectivity index (χ1v) is 14.2. The second kappa shape index (κ2) is 10.7. The van der Waals surface area contributed by atoms with Gasteiger partial charge in [0, 0.05) is 40.5 Å². The zero-order valence-electron chi connectivity index (χ0n) is 24.2. The SMILES string of the molecule is COc1cc(C(N)=O)ccc1NC(=O)[C@@H]1C[C@@H](CC(C)(C)C)[C@@]2(C(=O)Nc3cc(C)ncc32)[C@H]1c1cccc(Cl)c1F. The van der Waals surface area contributed by atoms with E-state index in [9.17, 15) is 14.4 Å². The van der Waals surface area contributed by atoms with Gasteiger partial charge < -0.3 is 21.1 Å². The second-order valence-corrected chi connectivity index (χ2v) is 12.8. The number of amides is 3. The standard InChI is InChI=1S/C32H34ClFN4O4/c1-16-11-24-21(15-36-16)32(30(41)38-24)18(14-31(2,3)4)13-20(26(32)19-7-6-8-22(33)27(19)34)29(40)37-23-10-9-17(28(35)39)12-25(23)42-5/h6-12,15,18,20,26H,13-14H2,1-5H3,(H2,35,39)(H,37,40)(H,38,41)/t18-,20+,26-,32-/m0/s1. The monoisotopic (exact) mass is 592 g/mol. The molecule has 8 nitrogen and oxygen atoms in total. The Morgan fingerprint density at radius 1 is 1.24 bits per heavy atom. The highest BCUT2D eigenvalue weighted by molar-refractivity contribution is 6.30. The van der Waals surface area contributed by atoms with E-state index < -0.39 is 34.9 Å². The van der Waals surface area contributed by atoms with E-state index in [-0.39, 0.29) is 39.1 Å². The number of rotatable bonds is 6. The van der Waals surface area contributed by atoms with Crippen LogP contribution in [0.2, 0.25) is 5.02 Å². The zero-order chi connectivity index (χ0) is 30.6. The smallest absolute Gasteiger partial charge is 0.248 e. The van der Waals surface area contributed by atoms with Gasteiger partial charge in [-0.15, -0.1) is 0 Å². The molecule has 220 valence electrons. The minimum absolute atomic E-state index is 0.0922. The van der Waals surface area contributed by atoms with Crippen LogP contribution in [0.4, 0.5) is 15.8 Å². The molecule has 1 aliphatic heterocycles. The Balaban J connectivity index is 1.70. The molecule has 4 atom stereocenters. The lowest BCUT2D eigenvalue weighted by Gasteiger charge is -2.38. The number of benzene rings is 2. The maximum Gasteiger partial charge on any atom is 0.248 e. The number of hydrogen-bond acceptors (Lipinski definition) is 5. The Morgan fingerprint density at radius 3 is 2.64 bits per heavy atom. The molecular weight excluding hydrogens is 559 g/mol. The minimum Gasteiger partial charge on any atom is -0.495 e. The normalized spacial score (nSPS) is 23.0. The Bertz CT molecular complexity index is 1600. The van der Waals surface area contributed by atoms with Crippen molar-refractivity contribution in [1.29, 1.82) is 0 Å². The average Bonchev–Trinajstić information content (AvgIpc) is 3.39. The number of nitrogens with zero attached hydrogens (tertiary/aromatic N) is 1. The van der Waals surface area contributed by atoms with Crippen LogP contribution in [0.15, 0.2) is 48.7 Å². The number of aromatic nitrogens is 1. The fourth-order valence-corrected chi connectivity index (χ4v) is 7.07. The summed E-state index contributed by atoms with van der Waals surface area (Å²) in [6, 6.07) is 11.0. The molecule has 1 spiro atoms. The van der Waals surface area contributed by atoms with Gasteiger partial charge in [-0.25, -0.2) is 4.39 Å². The number of aryl methyl sites for hydroxylation is 1. The summed E-state index contributed by atoms with van der Waals surface area (Å²) in [4.78, 5) is 44.8. The van der Waals surface area contributed by atoms with Crippen LogP contribution in [0.3, 0.4) is 0 Å². The van der Waals surface area contributed by atoms with Gasteiger partial charge in [0.1, 0.15) is 11.6 Å². The van der Waals surface area contributed by atoms with Crippen molar-refractivity contribution < 1.29 is 23.5 Å². The van der Waals surface area contributed by atoms with Gasteiger partial charge >= 0.3 is 0 Å². The summed E-state index contributed by atoms with van der Waals surface area (Å²) >= 11 is 6.28. The lowest BCUT2D eigenvalue weighted by molar-refractivity contribution is -0.123. The molecule has 0 saturated heterocycles. The van der Waals surface area contributed by atoms with Crippen molar-refractivity contribution in [3.8, 4) is 5.75 Å². The molecule has 2 aliphatic rings. The number of methoxy groups -OCH3 is 1. The molecule has 4 N–H and O–H groups in total. The predicted octanol–water partition coefficient (Wildman–Crippen LogP) is 5.97. The number of pyridine rings is 1. The highest BCUT2D eigenvalue weighted by atomic mass is 35.5. The number of carbonyl (C=O) groups excluding carboxylic acids is 3. The highest BCUT2D eigenvalue weighted by Gasteiger charge is 2.66. The minimum atomic E-state index is -1.28. The third-order valence-corrected chi connectivity index (χ3v) is 8.73. The fourth-order valence-electron chi connectivity index (χ4n) is 6.89. The van der Waals surface area contributed by atoms with E-state index >= 15 is 4.39 Å². The number of nitrogens with one attached hydrogen (secondary N) is 2. The van der Waals surface area contributed by atoms with Crippen molar-refractivity contribution in [2.45, 2.75) is 51.9 Å². The molecule has 3 aromatic rings. The van der Waals surface area contributed by atoms with Crippen molar-refractivity contribution in [3.05, 3.63) is 81.9 Å². The molecule has 0 bridgehead atoms. The van der Waals surface area contributed by atoms with Gasteiger partial charge in [0.2, 0.25) is 17.7 Å². The lowest BCUT2D eigenvalue weighted by atomic mass is 9.62. The molecule has 5 rings (SSSR count). The summed E-state index contributed by atoms with van der Waals surface area (Å²) in [5, 5.41) is 5.86. The van der Waals surface area contributed by atoms with Crippen LogP contribution in [0.25, 0.3) is 0 Å². The van der Waals surface area contributed by atoms with Crippen molar-refractivity contribution in [1.82, 2.24) is 4.98 Å². The first-order chi connectivity index (χ1) is 19.8. The zero-order valence-corrected chi connectivity index (χ0v) is 24.9. The first kappa shape index (κ1) is 29.5. The molecule has 2 heterocycles. The summed E-state index contributed by atoms with van der Waals surface area (Å²) in [6.45, 7) is 8.07. The van der Waals surface area contributed by atoms with Crippen molar-refractivity contribution in [2.24, 2.45) is 23.0 Å². The first-order valence-electron chi connectivity index (χ1n) is 13.8. The van der Waals surface area contributed by atoms with Crippen LogP contribution >= 0.6 is 11.6 Å². The number of anilines is 2. The van der Waals surface area contributed by atoms with E-state index in [4.69, 9.17) is 22.1 Å². The summed E-state index contributed by atoms with van der Waals surface area (Å²) in [5.41, 5.74) is 6.64. The maximum atomic E-state index is 15.9. The average molecular weight is 593 g/mol. The highest BCUT2D eigenvalue weighted by Crippen LogP contribution is 2.64. The van der Waals surface area contributed by atoms with E-state index in [0.717, 1.165) is 5.69 Å². The molecule has 1 aromatic heterocycles. The van der Waals surface area contributed by atoms with Crippen LogP contribution in [-0.4, -0.2) is 29.8 Å². The number of primary amides is 1. The molecule has 0 unspecified atom stereocenters. The van der Waals surface area contributed by atoms with Gasteiger partial charge in [-0.1, -0.05) is 44.5 Å². The molecule has 1 aliphatic carbocycles. The Hall–Kier alpha value is -3.98. The largest absolute Gasteiger partial charge is 0.495 e. The molecular formula is C32H34ClFN4O4. The third-order valence-electron chi connectivity index (χ3n) is 8.44. The van der Waals surface area contributed by atoms with Gasteiger partial charge in [0.05, 0.1) is 23.2 Å². The maximum absolute atomic E-state index is 15.9. The molecule has 42 heavy (non-hydrogen) atoms. The second-order valence-electron chi connectivity index (χ2n) is 12.4. The Morgan fingerprint density at radius 2 is 1.98 bits per heavy atom. The number of carbonyl (C=O) groups is 3. The van der Waals surface area contributed by atoms with Gasteiger partial charge in [-0.05, 0) is 67.0 Å². The van der Waals surface area contributed by atoms with Crippen LogP contribution in [0, 0.1) is 30.0 Å². The predicted molar refractivity (Wildman–Crippen MR) is 159 cm³/mol. The van der Waals surface area contributed by atoms with Crippen LogP contribution in [0.5, 0.6) is 5.75 Å². The van der Waals surface area contributed by atoms with E-state index in [1.54, 1.807) is 24.4 Å². The van der Waals surface area contributed by atoms with Gasteiger partial charge in [-0.3, -0.25) is 19.4 Å². The summed E-state index contributed by atoms with van der Waals surface area (Å²) in [6.07, 6.45) is 2.58. The Kier molecular flexibility index (Phi) is 7.51. The van der Waals surface area contributed by atoms with Crippen LogP contribution < -0.4 is 21.1 Å². The molecule has 3 amide bonds. The fraction of sp³-hybridized carbons (Fsp3) is 0.375. The number of halogens is 2. The number of ether oxygens (including phenoxy) is 1. The van der Waals surface area contributed by atoms with Gasteiger partial charge in [-0.2, -0.15) is 0 Å². The summed E-state index contributed by atoms with van der Waals surface area (Å²) in [7, 11) is 1.42. The topological polar surface area (TPSA) is 123 Å². The van der Waals surface area contributed by atoms with E-state index in [1.807, 2.05) is 6.92 Å². The van der Waals surface area contributed by atoms with Crippen LogP contribution in [-0.2, 0) is 15.0 Å². The van der Waals surface area contributed by atoms with Crippen molar-refractivity contribution in [3.63, 3.8) is 0 Å². The van der Waals surface area contributed by atoms with Crippen LogP contribution in [0.1, 0.15) is 66.7 Å². The number of hydrogen-bond donors (Lipinski definition) is 3.